The predicted molar refractivity (Wildman–Crippen MR) is 63.1 cm³/mol. The number of pyridine rings is 1. The zero-order valence-corrected chi connectivity index (χ0v) is 10.1. The lowest BCUT2D eigenvalue weighted by molar-refractivity contribution is -0.116. The van der Waals surface area contributed by atoms with E-state index in [-0.39, 0.29) is 12.3 Å². The summed E-state index contributed by atoms with van der Waals surface area (Å²) in [6.45, 7) is 2.11. The van der Waals surface area contributed by atoms with Crippen LogP contribution in [0.25, 0.3) is 0 Å². The van der Waals surface area contributed by atoms with Crippen molar-refractivity contribution < 1.29 is 9.47 Å². The van der Waals surface area contributed by atoms with Crippen LogP contribution in [0.3, 0.4) is 0 Å². The highest BCUT2D eigenvalue weighted by Crippen LogP contribution is 2.06. The minimum Gasteiger partial charge on any atom is -0.354 e. The highest BCUT2D eigenvalue weighted by Gasteiger charge is 2.17. The number of nitrogens with zero attached hydrogens (tertiary/aromatic N) is 1. The van der Waals surface area contributed by atoms with Crippen LogP contribution in [-0.4, -0.2) is 31.5 Å². The van der Waals surface area contributed by atoms with Crippen molar-refractivity contribution in [3.63, 3.8) is 0 Å². The fourth-order valence-electron chi connectivity index (χ4n) is 1.57. The molecule has 90 valence electrons. The van der Waals surface area contributed by atoms with Gasteiger partial charge in [0.1, 0.15) is 0 Å². The summed E-state index contributed by atoms with van der Waals surface area (Å²) in [5, 5.41) is 0. The van der Waals surface area contributed by atoms with Crippen molar-refractivity contribution in [2.24, 2.45) is 5.73 Å². The van der Waals surface area contributed by atoms with E-state index in [4.69, 9.17) is 15.2 Å². The molecule has 0 aliphatic rings. The van der Waals surface area contributed by atoms with E-state index in [1.165, 1.54) is 5.56 Å². The van der Waals surface area contributed by atoms with Crippen LogP contribution in [0.5, 0.6) is 0 Å². The minimum absolute atomic E-state index is 0.199. The van der Waals surface area contributed by atoms with Crippen molar-refractivity contribution in [2.75, 3.05) is 14.2 Å². The Labute approximate surface area is 96.8 Å². The van der Waals surface area contributed by atoms with Crippen LogP contribution in [0.15, 0.2) is 18.3 Å². The Kier molecular flexibility index (Phi) is 5.38. The van der Waals surface area contributed by atoms with E-state index in [0.717, 1.165) is 12.1 Å². The van der Waals surface area contributed by atoms with E-state index in [9.17, 15) is 0 Å². The SMILES string of the molecule is CCc1ccc(CC(N)C(OC)OC)nc1. The molecule has 0 radical (unpaired) electrons. The van der Waals surface area contributed by atoms with Crippen LogP contribution in [0.2, 0.25) is 0 Å². The van der Waals surface area contributed by atoms with Gasteiger partial charge in [0.25, 0.3) is 0 Å². The monoisotopic (exact) mass is 224 g/mol. The number of hydrogen-bond acceptors (Lipinski definition) is 4. The molecule has 0 aliphatic heterocycles. The van der Waals surface area contributed by atoms with E-state index in [1.54, 1.807) is 14.2 Å². The maximum atomic E-state index is 5.95. The summed E-state index contributed by atoms with van der Waals surface area (Å²) in [4.78, 5) is 4.35. The van der Waals surface area contributed by atoms with Gasteiger partial charge in [-0.3, -0.25) is 4.98 Å². The van der Waals surface area contributed by atoms with Crippen molar-refractivity contribution in [3.05, 3.63) is 29.6 Å². The molecule has 1 aromatic heterocycles. The van der Waals surface area contributed by atoms with E-state index >= 15 is 0 Å². The molecule has 4 heteroatoms. The topological polar surface area (TPSA) is 57.4 Å². The van der Waals surface area contributed by atoms with Crippen LogP contribution >= 0.6 is 0 Å². The zero-order valence-electron chi connectivity index (χ0n) is 10.1. The maximum absolute atomic E-state index is 5.95. The summed E-state index contributed by atoms with van der Waals surface area (Å²) >= 11 is 0. The number of hydrogen-bond donors (Lipinski definition) is 1. The lowest BCUT2D eigenvalue weighted by Crippen LogP contribution is -2.39. The first-order valence-electron chi connectivity index (χ1n) is 5.46. The molecule has 0 spiro atoms. The molecule has 0 amide bonds. The first-order valence-corrected chi connectivity index (χ1v) is 5.46. The normalized spacial score (nSPS) is 13.1. The summed E-state index contributed by atoms with van der Waals surface area (Å²) in [6, 6.07) is 3.88. The summed E-state index contributed by atoms with van der Waals surface area (Å²) in [6.07, 6.45) is 3.15. The number of aryl methyl sites for hydroxylation is 1. The van der Waals surface area contributed by atoms with Gasteiger partial charge in [-0.15, -0.1) is 0 Å². The van der Waals surface area contributed by atoms with E-state index in [2.05, 4.69) is 18.0 Å². The lowest BCUT2D eigenvalue weighted by Gasteiger charge is -2.20. The molecule has 1 aromatic rings. The highest BCUT2D eigenvalue weighted by atomic mass is 16.7. The maximum Gasteiger partial charge on any atom is 0.172 e. The third kappa shape index (κ3) is 3.56. The summed E-state index contributed by atoms with van der Waals surface area (Å²) in [5.41, 5.74) is 8.14. The number of nitrogens with two attached hydrogens (primary N) is 1. The summed E-state index contributed by atoms with van der Waals surface area (Å²) in [7, 11) is 3.17. The van der Waals surface area contributed by atoms with Crippen molar-refractivity contribution in [3.8, 4) is 0 Å². The molecule has 0 saturated carbocycles. The van der Waals surface area contributed by atoms with E-state index in [0.29, 0.717) is 6.42 Å². The molecule has 1 heterocycles. The van der Waals surface area contributed by atoms with Gasteiger partial charge in [-0.2, -0.15) is 0 Å². The number of aromatic nitrogens is 1. The predicted octanol–water partition coefficient (Wildman–Crippen LogP) is 1.13. The number of ether oxygens (including phenoxy) is 2. The second-order valence-electron chi connectivity index (χ2n) is 3.72. The Balaban J connectivity index is 2.58. The van der Waals surface area contributed by atoms with Gasteiger partial charge in [-0.25, -0.2) is 0 Å². The number of rotatable bonds is 6. The van der Waals surface area contributed by atoms with Gasteiger partial charge in [-0.05, 0) is 18.1 Å². The second-order valence-corrected chi connectivity index (χ2v) is 3.72. The fraction of sp³-hybridized carbons (Fsp3) is 0.583. The van der Waals surface area contributed by atoms with Crippen molar-refractivity contribution in [1.29, 1.82) is 0 Å². The van der Waals surface area contributed by atoms with Crippen LogP contribution in [0.1, 0.15) is 18.2 Å². The molecule has 4 nitrogen and oxygen atoms in total. The quantitative estimate of drug-likeness (QED) is 0.736. The molecule has 0 aromatic carbocycles. The molecule has 0 bridgehead atoms. The summed E-state index contributed by atoms with van der Waals surface area (Å²) < 4.78 is 10.2. The fourth-order valence-corrected chi connectivity index (χ4v) is 1.57. The second kappa shape index (κ2) is 6.58. The smallest absolute Gasteiger partial charge is 0.172 e. The molecule has 16 heavy (non-hydrogen) atoms. The van der Waals surface area contributed by atoms with Crippen molar-refractivity contribution in [1.82, 2.24) is 4.98 Å². The molecule has 1 unspecified atom stereocenters. The van der Waals surface area contributed by atoms with E-state index in [1.807, 2.05) is 12.3 Å². The van der Waals surface area contributed by atoms with Gasteiger partial charge in [0.15, 0.2) is 6.29 Å². The average Bonchev–Trinajstić information content (AvgIpc) is 2.31. The summed E-state index contributed by atoms with van der Waals surface area (Å²) in [5.74, 6) is 0. The minimum atomic E-state index is -0.382. The van der Waals surface area contributed by atoms with Crippen LogP contribution in [0.4, 0.5) is 0 Å². The van der Waals surface area contributed by atoms with Gasteiger partial charge in [0, 0.05) is 32.5 Å². The van der Waals surface area contributed by atoms with Crippen LogP contribution < -0.4 is 5.73 Å². The Bertz CT molecular complexity index is 296. The molecule has 1 rings (SSSR count). The number of methoxy groups -OCH3 is 2. The third-order valence-corrected chi connectivity index (χ3v) is 2.55. The van der Waals surface area contributed by atoms with Gasteiger partial charge in [0.2, 0.25) is 0 Å². The van der Waals surface area contributed by atoms with Crippen molar-refractivity contribution in [2.45, 2.75) is 32.1 Å². The van der Waals surface area contributed by atoms with Gasteiger partial charge in [-0.1, -0.05) is 13.0 Å². The Morgan fingerprint density at radius 2 is 2.00 bits per heavy atom. The van der Waals surface area contributed by atoms with E-state index < -0.39 is 0 Å². The largest absolute Gasteiger partial charge is 0.354 e. The molecular formula is C12H20N2O2. The Morgan fingerprint density at radius 3 is 2.44 bits per heavy atom. The standard InChI is InChI=1S/C12H20N2O2/c1-4-9-5-6-10(14-8-9)7-11(13)12(15-2)16-3/h5-6,8,11-12H,4,7,13H2,1-3H3. The molecule has 0 aliphatic carbocycles. The van der Waals surface area contributed by atoms with Crippen LogP contribution in [0, 0.1) is 0 Å². The molecule has 0 fully saturated rings. The lowest BCUT2D eigenvalue weighted by atomic mass is 10.1. The molecule has 0 saturated heterocycles. The Morgan fingerprint density at radius 1 is 1.31 bits per heavy atom. The molecule has 1 atom stereocenters. The first-order chi connectivity index (χ1) is 7.71. The molecule has 2 N–H and O–H groups in total. The van der Waals surface area contributed by atoms with Crippen LogP contribution in [-0.2, 0) is 22.3 Å². The first kappa shape index (κ1) is 13.1. The average molecular weight is 224 g/mol. The third-order valence-electron chi connectivity index (χ3n) is 2.55. The van der Waals surface area contributed by atoms with Gasteiger partial charge < -0.3 is 15.2 Å². The molecular weight excluding hydrogens is 204 g/mol. The highest BCUT2D eigenvalue weighted by molar-refractivity contribution is 5.14. The van der Waals surface area contributed by atoms with Gasteiger partial charge >= 0.3 is 0 Å². The van der Waals surface area contributed by atoms with Gasteiger partial charge in [0.05, 0.1) is 6.04 Å². The Hall–Kier alpha value is -0.970. The van der Waals surface area contributed by atoms with Crippen molar-refractivity contribution >= 4 is 0 Å². The zero-order chi connectivity index (χ0) is 12.0.